The van der Waals surface area contributed by atoms with Gasteiger partial charge in [-0.15, -0.1) is 0 Å². The van der Waals surface area contributed by atoms with Crippen molar-refractivity contribution in [3.8, 4) is 0 Å². The van der Waals surface area contributed by atoms with Crippen molar-refractivity contribution in [3.63, 3.8) is 0 Å². The van der Waals surface area contributed by atoms with Crippen LogP contribution in [0.4, 0.5) is 9.18 Å². The summed E-state index contributed by atoms with van der Waals surface area (Å²) in [5.41, 5.74) is 0.712. The third kappa shape index (κ3) is 4.12. The number of halogens is 1. The van der Waals surface area contributed by atoms with Gasteiger partial charge in [0.05, 0.1) is 18.8 Å². The standard InChI is InChI=1S/C17H21FN4O3S/c1-20-8-2-3-15(13-20)19-17(23)21-9-11-22(12-10-21)26(24,25)16-6-4-14(18)5-7-16/h2-7,13H,8-12H2,1H3,(H-,19,23,24,25)/p+1. The van der Waals surface area contributed by atoms with Crippen molar-refractivity contribution < 1.29 is 17.9 Å². The minimum absolute atomic E-state index is 0.164. The van der Waals surface area contributed by atoms with Gasteiger partial charge in [0.1, 0.15) is 5.82 Å². The SMILES string of the molecule is CN1C=C(NC(=O)N2CCN([S+](=O)(O)c3ccc(F)cc3)CC2)C=CC1. The lowest BCUT2D eigenvalue weighted by Crippen LogP contribution is -2.54. The van der Waals surface area contributed by atoms with E-state index in [0.717, 1.165) is 18.7 Å². The van der Waals surface area contributed by atoms with E-state index in [1.165, 1.54) is 16.4 Å². The summed E-state index contributed by atoms with van der Waals surface area (Å²) in [7, 11) is -1.51. The Balaban J connectivity index is 1.58. The summed E-state index contributed by atoms with van der Waals surface area (Å²) in [6.07, 6.45) is 5.66. The molecule has 0 saturated carbocycles. The van der Waals surface area contributed by atoms with Crippen LogP contribution < -0.4 is 5.32 Å². The monoisotopic (exact) mass is 381 g/mol. The van der Waals surface area contributed by atoms with Gasteiger partial charge in [0, 0.05) is 45.0 Å². The molecule has 1 aromatic carbocycles. The topological polar surface area (TPSA) is 76.1 Å². The van der Waals surface area contributed by atoms with Crippen molar-refractivity contribution in [2.24, 2.45) is 0 Å². The number of allylic oxidation sites excluding steroid dienone is 1. The highest BCUT2D eigenvalue weighted by molar-refractivity contribution is 7.95. The number of hydrogen-bond donors (Lipinski definition) is 2. The van der Waals surface area contributed by atoms with E-state index in [4.69, 9.17) is 0 Å². The molecule has 2 N–H and O–H groups in total. The first-order chi connectivity index (χ1) is 12.4. The van der Waals surface area contributed by atoms with Gasteiger partial charge < -0.3 is 15.1 Å². The van der Waals surface area contributed by atoms with E-state index in [1.54, 1.807) is 4.90 Å². The molecular weight excluding hydrogens is 359 g/mol. The van der Waals surface area contributed by atoms with Crippen LogP contribution in [0.3, 0.4) is 0 Å². The molecule has 0 aliphatic carbocycles. The molecule has 7 nitrogen and oxygen atoms in total. The van der Waals surface area contributed by atoms with Crippen molar-refractivity contribution in [2.75, 3.05) is 39.8 Å². The fraction of sp³-hybridized carbons (Fsp3) is 0.353. The average molecular weight is 381 g/mol. The minimum atomic E-state index is -3.43. The van der Waals surface area contributed by atoms with Crippen molar-refractivity contribution in [1.82, 2.24) is 19.4 Å². The van der Waals surface area contributed by atoms with Gasteiger partial charge in [-0.05, 0) is 22.4 Å². The zero-order valence-corrected chi connectivity index (χ0v) is 15.3. The number of amides is 2. The molecule has 9 heteroatoms. The Labute approximate surface area is 153 Å². The summed E-state index contributed by atoms with van der Waals surface area (Å²) in [5.74, 6) is -0.456. The molecule has 1 atom stereocenters. The highest BCUT2D eigenvalue weighted by atomic mass is 32.3. The predicted molar refractivity (Wildman–Crippen MR) is 96.9 cm³/mol. The predicted octanol–water partition coefficient (Wildman–Crippen LogP) is 1.74. The van der Waals surface area contributed by atoms with E-state index in [1.807, 2.05) is 30.3 Å². The summed E-state index contributed by atoms with van der Waals surface area (Å²) in [4.78, 5) is 16.1. The van der Waals surface area contributed by atoms with Crippen LogP contribution in [0.25, 0.3) is 0 Å². The van der Waals surface area contributed by atoms with E-state index >= 15 is 0 Å². The fourth-order valence-corrected chi connectivity index (χ4v) is 4.30. The number of carbonyl (C=O) groups is 1. The third-order valence-electron chi connectivity index (χ3n) is 4.30. The molecule has 140 valence electrons. The molecule has 0 radical (unpaired) electrons. The Morgan fingerprint density at radius 1 is 1.19 bits per heavy atom. The molecule has 26 heavy (non-hydrogen) atoms. The normalized spacial score (nSPS) is 20.5. The molecule has 1 fully saturated rings. The van der Waals surface area contributed by atoms with Gasteiger partial charge >= 0.3 is 16.4 Å². The van der Waals surface area contributed by atoms with Gasteiger partial charge in [0.25, 0.3) is 0 Å². The van der Waals surface area contributed by atoms with Crippen LogP contribution >= 0.6 is 0 Å². The lowest BCUT2D eigenvalue weighted by atomic mass is 10.3. The Hall–Kier alpha value is -2.23. The number of nitrogens with zero attached hydrogens (tertiary/aromatic N) is 3. The Bertz CT molecular complexity index is 773. The quantitative estimate of drug-likeness (QED) is 0.782. The van der Waals surface area contributed by atoms with E-state index in [-0.39, 0.29) is 24.0 Å². The summed E-state index contributed by atoms with van der Waals surface area (Å²) in [6, 6.07) is 4.72. The van der Waals surface area contributed by atoms with Gasteiger partial charge in [-0.25, -0.2) is 9.18 Å². The smallest absolute Gasteiger partial charge is 0.325 e. The molecule has 2 aliphatic rings. The zero-order valence-electron chi connectivity index (χ0n) is 14.5. The molecule has 1 aromatic rings. The number of rotatable bonds is 3. The van der Waals surface area contributed by atoms with Crippen molar-refractivity contribution in [3.05, 3.63) is 54.1 Å². The van der Waals surface area contributed by atoms with E-state index in [2.05, 4.69) is 5.32 Å². The lowest BCUT2D eigenvalue weighted by molar-refractivity contribution is 0.172. The molecule has 2 aliphatic heterocycles. The van der Waals surface area contributed by atoms with E-state index in [0.29, 0.717) is 18.8 Å². The third-order valence-corrected chi connectivity index (χ3v) is 6.25. The van der Waals surface area contributed by atoms with Gasteiger partial charge in [-0.1, -0.05) is 10.4 Å². The maximum absolute atomic E-state index is 13.0. The Morgan fingerprint density at radius 3 is 2.46 bits per heavy atom. The second kappa shape index (κ2) is 7.56. The summed E-state index contributed by atoms with van der Waals surface area (Å²) in [6.45, 7) is 1.98. The number of piperazine rings is 1. The summed E-state index contributed by atoms with van der Waals surface area (Å²) < 4.78 is 37.6. The van der Waals surface area contributed by atoms with Crippen molar-refractivity contribution in [2.45, 2.75) is 4.90 Å². The largest absolute Gasteiger partial charge is 0.375 e. The first-order valence-electron chi connectivity index (χ1n) is 8.28. The molecule has 1 unspecified atom stereocenters. The van der Waals surface area contributed by atoms with E-state index in [9.17, 15) is 17.9 Å². The first-order valence-corrected chi connectivity index (χ1v) is 9.75. The number of nitrogens with one attached hydrogen (secondary N) is 1. The Kier molecular flexibility index (Phi) is 5.40. The minimum Gasteiger partial charge on any atom is -0.375 e. The highest BCUT2D eigenvalue weighted by Crippen LogP contribution is 2.23. The molecule has 1 saturated heterocycles. The zero-order chi connectivity index (χ0) is 18.7. The molecular formula is C17H22FN4O3S+. The molecule has 2 heterocycles. The molecule has 3 rings (SSSR count). The fourth-order valence-electron chi connectivity index (χ4n) is 2.86. The van der Waals surface area contributed by atoms with Crippen LogP contribution in [0.2, 0.25) is 0 Å². The maximum Gasteiger partial charge on any atom is 0.325 e. The van der Waals surface area contributed by atoms with Gasteiger partial charge in [0.2, 0.25) is 4.90 Å². The molecule has 2 amide bonds. The van der Waals surface area contributed by atoms with Crippen LogP contribution in [-0.2, 0) is 14.6 Å². The lowest BCUT2D eigenvalue weighted by Gasteiger charge is -2.32. The number of hydrogen-bond acceptors (Lipinski definition) is 3. The van der Waals surface area contributed by atoms with Crippen LogP contribution in [0.15, 0.2) is 53.2 Å². The molecule has 0 bridgehead atoms. The van der Waals surface area contributed by atoms with Crippen LogP contribution in [0.5, 0.6) is 0 Å². The number of carbonyl (C=O) groups excluding carboxylic acids is 1. The summed E-state index contributed by atoms with van der Waals surface area (Å²) in [5, 5.41) is 2.84. The first kappa shape index (κ1) is 18.6. The number of urea groups is 1. The van der Waals surface area contributed by atoms with Gasteiger partial charge in [-0.3, -0.25) is 0 Å². The second-order valence-electron chi connectivity index (χ2n) is 6.22. The Morgan fingerprint density at radius 2 is 1.85 bits per heavy atom. The van der Waals surface area contributed by atoms with E-state index < -0.39 is 16.2 Å². The second-order valence-corrected chi connectivity index (χ2v) is 8.20. The average Bonchev–Trinajstić information content (AvgIpc) is 2.62. The van der Waals surface area contributed by atoms with Crippen molar-refractivity contribution >= 4 is 16.4 Å². The maximum atomic E-state index is 13.0. The van der Waals surface area contributed by atoms with Gasteiger partial charge in [0.15, 0.2) is 0 Å². The van der Waals surface area contributed by atoms with Crippen LogP contribution in [-0.4, -0.2) is 64.5 Å². The molecule has 0 spiro atoms. The molecule has 0 aromatic heterocycles. The van der Waals surface area contributed by atoms with Crippen LogP contribution in [0, 0.1) is 5.82 Å². The van der Waals surface area contributed by atoms with Crippen molar-refractivity contribution in [1.29, 1.82) is 0 Å². The highest BCUT2D eigenvalue weighted by Gasteiger charge is 2.41. The number of benzene rings is 1. The van der Waals surface area contributed by atoms with Gasteiger partial charge in [-0.2, -0.15) is 4.55 Å². The van der Waals surface area contributed by atoms with Crippen LogP contribution in [0.1, 0.15) is 0 Å². The number of likely N-dealkylation sites (N-methyl/N-ethyl adjacent to an activating group) is 1. The summed E-state index contributed by atoms with van der Waals surface area (Å²) >= 11 is 0.